The van der Waals surface area contributed by atoms with Crippen LogP contribution >= 0.6 is 0 Å². The lowest BCUT2D eigenvalue weighted by atomic mass is 9.78. The summed E-state index contributed by atoms with van der Waals surface area (Å²) in [6, 6.07) is 6.12. The van der Waals surface area contributed by atoms with Crippen molar-refractivity contribution in [2.45, 2.75) is 25.7 Å². The zero-order valence-electron chi connectivity index (χ0n) is 14.0. The lowest BCUT2D eigenvalue weighted by molar-refractivity contribution is 0.00630. The third-order valence-electron chi connectivity index (χ3n) is 4.61. The van der Waals surface area contributed by atoms with Crippen LogP contribution in [0.5, 0.6) is 5.75 Å². The normalized spacial score (nSPS) is 22.2. The number of hydrogen-bond acceptors (Lipinski definition) is 4. The average molecular weight is 325 g/mol. The van der Waals surface area contributed by atoms with Gasteiger partial charge in [-0.15, -0.1) is 0 Å². The van der Waals surface area contributed by atoms with Crippen molar-refractivity contribution in [3.05, 3.63) is 30.1 Å². The number of rotatable bonds is 9. The van der Waals surface area contributed by atoms with Crippen LogP contribution in [0.15, 0.2) is 24.3 Å². The van der Waals surface area contributed by atoms with Gasteiger partial charge in [0.05, 0.1) is 13.2 Å². The van der Waals surface area contributed by atoms with Crippen LogP contribution in [-0.4, -0.2) is 56.6 Å². The minimum atomic E-state index is -0.248. The Labute approximate surface area is 138 Å². The molecule has 1 atom stereocenters. The number of halogens is 1. The molecule has 1 heterocycles. The molecule has 1 fully saturated rings. The first-order valence-electron chi connectivity index (χ1n) is 8.38. The van der Waals surface area contributed by atoms with Gasteiger partial charge in [-0.05, 0) is 56.5 Å². The molecule has 4 nitrogen and oxygen atoms in total. The Morgan fingerprint density at radius 3 is 2.74 bits per heavy atom. The van der Waals surface area contributed by atoms with E-state index >= 15 is 0 Å². The molecular formula is C18H28FNO3. The second kappa shape index (κ2) is 9.21. The zero-order valence-corrected chi connectivity index (χ0v) is 14.0. The fraction of sp³-hybridized carbons (Fsp3) is 0.667. The lowest BCUT2D eigenvalue weighted by Crippen LogP contribution is -2.46. The summed E-state index contributed by atoms with van der Waals surface area (Å²) in [4.78, 5) is 2.41. The Morgan fingerprint density at radius 1 is 1.26 bits per heavy atom. The Morgan fingerprint density at radius 2 is 2.04 bits per heavy atom. The van der Waals surface area contributed by atoms with Gasteiger partial charge in [-0.3, -0.25) is 0 Å². The average Bonchev–Trinajstić information content (AvgIpc) is 2.59. The Bertz CT molecular complexity index is 454. The summed E-state index contributed by atoms with van der Waals surface area (Å²) in [5, 5.41) is 9.79. The van der Waals surface area contributed by atoms with Gasteiger partial charge in [-0.1, -0.05) is 0 Å². The number of nitrogens with zero attached hydrogens (tertiary/aromatic N) is 1. The smallest absolute Gasteiger partial charge is 0.123 e. The van der Waals surface area contributed by atoms with Crippen molar-refractivity contribution in [3.8, 4) is 5.75 Å². The van der Waals surface area contributed by atoms with Gasteiger partial charge in [-0.25, -0.2) is 4.39 Å². The molecule has 1 aromatic rings. The highest BCUT2D eigenvalue weighted by molar-refractivity contribution is 5.21. The number of aliphatic hydroxyl groups is 1. The number of likely N-dealkylation sites (tertiary alicyclic amines) is 1. The number of ether oxygens (including phenoxy) is 2. The Hall–Kier alpha value is -1.17. The summed E-state index contributed by atoms with van der Waals surface area (Å²) in [6.45, 7) is 4.48. The van der Waals surface area contributed by atoms with E-state index in [0.29, 0.717) is 19.0 Å². The van der Waals surface area contributed by atoms with Gasteiger partial charge in [0.2, 0.25) is 0 Å². The lowest BCUT2D eigenvalue weighted by Gasteiger charge is -2.42. The highest BCUT2D eigenvalue weighted by atomic mass is 19.1. The molecule has 0 spiro atoms. The van der Waals surface area contributed by atoms with Gasteiger partial charge in [0, 0.05) is 32.2 Å². The predicted molar refractivity (Wildman–Crippen MR) is 88.2 cm³/mol. The van der Waals surface area contributed by atoms with Crippen LogP contribution in [0, 0.1) is 11.2 Å². The highest BCUT2D eigenvalue weighted by Crippen LogP contribution is 2.33. The van der Waals surface area contributed by atoms with E-state index in [2.05, 4.69) is 4.90 Å². The molecule has 23 heavy (non-hydrogen) atoms. The number of aliphatic hydroxyl groups excluding tert-OH is 1. The van der Waals surface area contributed by atoms with Gasteiger partial charge in [0.1, 0.15) is 11.6 Å². The van der Waals surface area contributed by atoms with Gasteiger partial charge in [0.25, 0.3) is 0 Å². The molecule has 0 aromatic heterocycles. The molecule has 0 radical (unpaired) electrons. The summed E-state index contributed by atoms with van der Waals surface area (Å²) in [6.07, 6.45) is 4.00. The topological polar surface area (TPSA) is 41.9 Å². The number of piperidine rings is 1. The van der Waals surface area contributed by atoms with E-state index in [-0.39, 0.29) is 17.8 Å². The van der Waals surface area contributed by atoms with Gasteiger partial charge in [0.15, 0.2) is 0 Å². The summed E-state index contributed by atoms with van der Waals surface area (Å²) in [5.41, 5.74) is -0.0218. The molecule has 1 N–H and O–H groups in total. The van der Waals surface area contributed by atoms with Crippen LogP contribution in [0.2, 0.25) is 0 Å². The maximum atomic E-state index is 12.8. The second-order valence-electron chi connectivity index (χ2n) is 6.44. The largest absolute Gasteiger partial charge is 0.494 e. The second-order valence-corrected chi connectivity index (χ2v) is 6.44. The third kappa shape index (κ3) is 5.75. The molecule has 0 amide bonds. The number of methoxy groups -OCH3 is 1. The summed E-state index contributed by atoms with van der Waals surface area (Å²) < 4.78 is 23.6. The van der Waals surface area contributed by atoms with Gasteiger partial charge >= 0.3 is 0 Å². The quantitative estimate of drug-likeness (QED) is 0.709. The highest BCUT2D eigenvalue weighted by Gasteiger charge is 2.34. The molecule has 1 aromatic carbocycles. The van der Waals surface area contributed by atoms with E-state index in [9.17, 15) is 9.50 Å². The van der Waals surface area contributed by atoms with Crippen molar-refractivity contribution < 1.29 is 19.0 Å². The molecule has 1 aliphatic heterocycles. The Balaban J connectivity index is 1.71. The molecule has 0 aliphatic carbocycles. The molecule has 130 valence electrons. The minimum Gasteiger partial charge on any atom is -0.494 e. The van der Waals surface area contributed by atoms with Gasteiger partial charge < -0.3 is 19.5 Å². The fourth-order valence-electron chi connectivity index (χ4n) is 3.24. The zero-order chi connectivity index (χ0) is 16.5. The molecule has 2 rings (SSSR count). The SMILES string of the molecule is COCC[C@@]1(CO)CCCN(CCCOc2ccc(F)cc2)C1. The fourth-order valence-corrected chi connectivity index (χ4v) is 3.24. The molecule has 0 saturated carbocycles. The van der Waals surface area contributed by atoms with Crippen molar-refractivity contribution >= 4 is 0 Å². The van der Waals surface area contributed by atoms with Crippen LogP contribution in [0.3, 0.4) is 0 Å². The van der Waals surface area contributed by atoms with Crippen LogP contribution in [0.25, 0.3) is 0 Å². The minimum absolute atomic E-state index is 0.0218. The van der Waals surface area contributed by atoms with Crippen molar-refractivity contribution in [1.82, 2.24) is 4.90 Å². The summed E-state index contributed by atoms with van der Waals surface area (Å²) in [5.74, 6) is 0.455. The van der Waals surface area contributed by atoms with E-state index in [4.69, 9.17) is 9.47 Å². The van der Waals surface area contributed by atoms with Crippen molar-refractivity contribution in [2.24, 2.45) is 5.41 Å². The summed E-state index contributed by atoms with van der Waals surface area (Å²) in [7, 11) is 1.71. The van der Waals surface area contributed by atoms with Gasteiger partial charge in [-0.2, -0.15) is 0 Å². The maximum Gasteiger partial charge on any atom is 0.123 e. The molecule has 1 saturated heterocycles. The molecule has 5 heteroatoms. The van der Waals surface area contributed by atoms with Crippen LogP contribution in [0.4, 0.5) is 4.39 Å². The van der Waals surface area contributed by atoms with Crippen molar-refractivity contribution in [1.29, 1.82) is 0 Å². The van der Waals surface area contributed by atoms with Crippen molar-refractivity contribution in [2.75, 3.05) is 46.6 Å². The first-order chi connectivity index (χ1) is 11.2. The van der Waals surface area contributed by atoms with E-state index < -0.39 is 0 Å². The van der Waals surface area contributed by atoms with E-state index in [1.54, 1.807) is 19.2 Å². The molecular weight excluding hydrogens is 297 g/mol. The predicted octanol–water partition coefficient (Wildman–Crippen LogP) is 2.71. The van der Waals surface area contributed by atoms with Crippen LogP contribution in [0.1, 0.15) is 25.7 Å². The van der Waals surface area contributed by atoms with Crippen molar-refractivity contribution in [3.63, 3.8) is 0 Å². The first kappa shape index (κ1) is 18.2. The molecule has 0 unspecified atom stereocenters. The monoisotopic (exact) mass is 325 g/mol. The summed E-state index contributed by atoms with van der Waals surface area (Å²) >= 11 is 0. The van der Waals surface area contributed by atoms with Crippen LogP contribution in [-0.2, 0) is 4.74 Å². The Kier molecular flexibility index (Phi) is 7.27. The van der Waals surface area contributed by atoms with E-state index in [0.717, 1.165) is 45.3 Å². The standard InChI is InChI=1S/C18H28FNO3/c1-22-13-9-18(15-21)8-2-10-20(14-18)11-3-12-23-17-6-4-16(19)5-7-17/h4-7,21H,2-3,8-15H2,1H3/t18-/m0/s1. The molecule has 1 aliphatic rings. The maximum absolute atomic E-state index is 12.8. The first-order valence-corrected chi connectivity index (χ1v) is 8.38. The molecule has 0 bridgehead atoms. The van der Waals surface area contributed by atoms with Crippen LogP contribution < -0.4 is 4.74 Å². The van der Waals surface area contributed by atoms with E-state index in [1.807, 2.05) is 0 Å². The third-order valence-corrected chi connectivity index (χ3v) is 4.61. The number of benzene rings is 1. The van der Waals surface area contributed by atoms with E-state index in [1.165, 1.54) is 12.1 Å². The number of hydrogen-bond donors (Lipinski definition) is 1.